The van der Waals surface area contributed by atoms with E-state index in [1.54, 1.807) is 18.2 Å². The third-order valence-corrected chi connectivity index (χ3v) is 4.06. The van der Waals surface area contributed by atoms with Gasteiger partial charge in [-0.3, -0.25) is 0 Å². The standard InChI is InChI=1S/C20H15F2N3O2/c1-26-18-6-3-11(7-19(18)27-2)17-9-13(15(10-23)20(24)25-17)14-8-12(21)4-5-16(14)22/h3-9H,1-2H3,(H2,24,25). The highest BCUT2D eigenvalue weighted by molar-refractivity contribution is 5.80. The molecule has 0 radical (unpaired) electrons. The fourth-order valence-corrected chi connectivity index (χ4v) is 2.74. The Morgan fingerprint density at radius 2 is 1.70 bits per heavy atom. The number of anilines is 1. The molecule has 1 heterocycles. The van der Waals surface area contributed by atoms with Crippen LogP contribution in [0.1, 0.15) is 5.56 Å². The van der Waals surface area contributed by atoms with Gasteiger partial charge in [-0.1, -0.05) is 0 Å². The van der Waals surface area contributed by atoms with Crippen LogP contribution < -0.4 is 15.2 Å². The van der Waals surface area contributed by atoms with Crippen molar-refractivity contribution in [1.29, 1.82) is 5.26 Å². The van der Waals surface area contributed by atoms with E-state index >= 15 is 0 Å². The molecule has 0 aliphatic heterocycles. The van der Waals surface area contributed by atoms with E-state index in [9.17, 15) is 14.0 Å². The Kier molecular flexibility index (Phi) is 4.90. The Bertz CT molecular complexity index is 1060. The quantitative estimate of drug-likeness (QED) is 0.749. The van der Waals surface area contributed by atoms with Crippen LogP contribution in [0.2, 0.25) is 0 Å². The molecule has 0 amide bonds. The van der Waals surface area contributed by atoms with Crippen LogP contribution in [-0.4, -0.2) is 19.2 Å². The molecule has 5 nitrogen and oxygen atoms in total. The molecular formula is C20H15F2N3O2. The summed E-state index contributed by atoms with van der Waals surface area (Å²) in [5, 5.41) is 9.41. The van der Waals surface area contributed by atoms with Crippen molar-refractivity contribution in [2.75, 3.05) is 20.0 Å². The Morgan fingerprint density at radius 3 is 2.37 bits per heavy atom. The monoisotopic (exact) mass is 367 g/mol. The molecule has 0 saturated heterocycles. The molecule has 0 unspecified atom stereocenters. The van der Waals surface area contributed by atoms with Gasteiger partial charge in [-0.15, -0.1) is 0 Å². The number of aromatic nitrogens is 1. The van der Waals surface area contributed by atoms with Crippen LogP contribution in [0.15, 0.2) is 42.5 Å². The molecule has 0 aliphatic carbocycles. The normalized spacial score (nSPS) is 10.3. The summed E-state index contributed by atoms with van der Waals surface area (Å²) >= 11 is 0. The zero-order valence-electron chi connectivity index (χ0n) is 14.6. The number of nitriles is 1. The van der Waals surface area contributed by atoms with Gasteiger partial charge >= 0.3 is 0 Å². The fourth-order valence-electron chi connectivity index (χ4n) is 2.74. The van der Waals surface area contributed by atoms with E-state index in [4.69, 9.17) is 15.2 Å². The van der Waals surface area contributed by atoms with Crippen LogP contribution in [0.3, 0.4) is 0 Å². The van der Waals surface area contributed by atoms with Crippen LogP contribution in [0.4, 0.5) is 14.6 Å². The topological polar surface area (TPSA) is 81.2 Å². The molecule has 2 aromatic carbocycles. The predicted molar refractivity (Wildman–Crippen MR) is 97.3 cm³/mol. The Morgan fingerprint density at radius 1 is 0.963 bits per heavy atom. The molecule has 0 spiro atoms. The summed E-state index contributed by atoms with van der Waals surface area (Å²) in [6, 6.07) is 11.5. The van der Waals surface area contributed by atoms with Gasteiger partial charge in [0, 0.05) is 16.7 Å². The second-order valence-corrected chi connectivity index (χ2v) is 5.62. The molecule has 1 aromatic heterocycles. The summed E-state index contributed by atoms with van der Waals surface area (Å²) in [7, 11) is 3.01. The third-order valence-electron chi connectivity index (χ3n) is 4.06. The van der Waals surface area contributed by atoms with Gasteiger partial charge in [0.1, 0.15) is 29.1 Å². The maximum absolute atomic E-state index is 14.3. The zero-order valence-corrected chi connectivity index (χ0v) is 14.6. The Balaban J connectivity index is 2.24. The Hall–Kier alpha value is -3.66. The first kappa shape index (κ1) is 18.1. The van der Waals surface area contributed by atoms with E-state index in [1.807, 2.05) is 6.07 Å². The van der Waals surface area contributed by atoms with Crippen LogP contribution in [-0.2, 0) is 0 Å². The molecule has 27 heavy (non-hydrogen) atoms. The van der Waals surface area contributed by atoms with Gasteiger partial charge in [-0.05, 0) is 42.5 Å². The second-order valence-electron chi connectivity index (χ2n) is 5.62. The lowest BCUT2D eigenvalue weighted by molar-refractivity contribution is 0.355. The average Bonchev–Trinajstić information content (AvgIpc) is 2.68. The molecule has 3 aromatic rings. The molecular weight excluding hydrogens is 352 g/mol. The number of ether oxygens (including phenoxy) is 2. The van der Waals surface area contributed by atoms with Gasteiger partial charge in [-0.25, -0.2) is 13.8 Å². The van der Waals surface area contributed by atoms with E-state index in [2.05, 4.69) is 4.98 Å². The zero-order chi connectivity index (χ0) is 19.6. The average molecular weight is 367 g/mol. The summed E-state index contributed by atoms with van der Waals surface area (Å²) < 4.78 is 38.4. The highest BCUT2D eigenvalue weighted by atomic mass is 19.1. The van der Waals surface area contributed by atoms with Crippen molar-refractivity contribution in [2.45, 2.75) is 0 Å². The lowest BCUT2D eigenvalue weighted by Crippen LogP contribution is -2.01. The summed E-state index contributed by atoms with van der Waals surface area (Å²) in [5.41, 5.74) is 6.98. The highest BCUT2D eigenvalue weighted by Crippen LogP contribution is 2.36. The van der Waals surface area contributed by atoms with Crippen molar-refractivity contribution < 1.29 is 18.3 Å². The number of halogens is 2. The van der Waals surface area contributed by atoms with E-state index in [0.717, 1.165) is 18.2 Å². The molecule has 2 N–H and O–H groups in total. The number of nitrogen functional groups attached to an aromatic ring is 1. The van der Waals surface area contributed by atoms with Crippen molar-refractivity contribution in [2.24, 2.45) is 0 Å². The van der Waals surface area contributed by atoms with Gasteiger partial charge in [-0.2, -0.15) is 5.26 Å². The first-order valence-electron chi connectivity index (χ1n) is 7.87. The molecule has 0 atom stereocenters. The van der Waals surface area contributed by atoms with Crippen LogP contribution in [0, 0.1) is 23.0 Å². The van der Waals surface area contributed by atoms with Crippen molar-refractivity contribution >= 4 is 5.82 Å². The molecule has 0 saturated carbocycles. The number of benzene rings is 2. The number of hydrogen-bond acceptors (Lipinski definition) is 5. The van der Waals surface area contributed by atoms with Crippen LogP contribution in [0.5, 0.6) is 11.5 Å². The first-order chi connectivity index (χ1) is 13.0. The lowest BCUT2D eigenvalue weighted by atomic mass is 9.97. The van der Waals surface area contributed by atoms with Gasteiger partial charge in [0.25, 0.3) is 0 Å². The first-order valence-corrected chi connectivity index (χ1v) is 7.87. The van der Waals surface area contributed by atoms with Crippen molar-refractivity contribution in [3.63, 3.8) is 0 Å². The molecule has 0 aliphatic rings. The summed E-state index contributed by atoms with van der Waals surface area (Å²) in [5.74, 6) is -0.379. The van der Waals surface area contributed by atoms with Gasteiger partial charge in [0.15, 0.2) is 11.5 Å². The summed E-state index contributed by atoms with van der Waals surface area (Å²) in [6.45, 7) is 0. The fraction of sp³-hybridized carbons (Fsp3) is 0.100. The van der Waals surface area contributed by atoms with E-state index in [0.29, 0.717) is 22.8 Å². The number of rotatable bonds is 4. The summed E-state index contributed by atoms with van der Waals surface area (Å²) in [4.78, 5) is 4.23. The number of hydrogen-bond donors (Lipinski definition) is 1. The van der Waals surface area contributed by atoms with Gasteiger partial charge in [0.05, 0.1) is 19.9 Å². The molecule has 0 bridgehead atoms. The van der Waals surface area contributed by atoms with E-state index in [-0.39, 0.29) is 22.5 Å². The number of pyridine rings is 1. The smallest absolute Gasteiger partial charge is 0.161 e. The minimum absolute atomic E-state index is 0.0243. The highest BCUT2D eigenvalue weighted by Gasteiger charge is 2.17. The van der Waals surface area contributed by atoms with E-state index in [1.165, 1.54) is 20.3 Å². The number of nitrogens with two attached hydrogens (primary N) is 1. The lowest BCUT2D eigenvalue weighted by Gasteiger charge is -2.13. The molecule has 136 valence electrons. The Labute approximate surface area is 154 Å². The van der Waals surface area contributed by atoms with Crippen molar-refractivity contribution in [1.82, 2.24) is 4.98 Å². The van der Waals surface area contributed by atoms with Gasteiger partial charge < -0.3 is 15.2 Å². The third kappa shape index (κ3) is 3.37. The predicted octanol–water partition coefficient (Wildman–Crippen LogP) is 4.16. The van der Waals surface area contributed by atoms with Crippen LogP contribution in [0.25, 0.3) is 22.4 Å². The maximum atomic E-state index is 14.3. The van der Waals surface area contributed by atoms with E-state index < -0.39 is 11.6 Å². The number of nitrogens with zero attached hydrogens (tertiary/aromatic N) is 2. The number of methoxy groups -OCH3 is 2. The molecule has 0 fully saturated rings. The molecule has 3 rings (SSSR count). The maximum Gasteiger partial charge on any atom is 0.161 e. The van der Waals surface area contributed by atoms with Crippen molar-refractivity contribution in [3.8, 4) is 40.0 Å². The largest absolute Gasteiger partial charge is 0.493 e. The SMILES string of the molecule is COc1ccc(-c2cc(-c3cc(F)ccc3F)c(C#N)c(N)n2)cc1OC. The van der Waals surface area contributed by atoms with Gasteiger partial charge in [0.2, 0.25) is 0 Å². The summed E-state index contributed by atoms with van der Waals surface area (Å²) in [6.07, 6.45) is 0. The second kappa shape index (κ2) is 7.30. The minimum atomic E-state index is -0.670. The molecule has 7 heteroatoms. The minimum Gasteiger partial charge on any atom is -0.493 e. The van der Waals surface area contributed by atoms with Crippen LogP contribution >= 0.6 is 0 Å². The van der Waals surface area contributed by atoms with Crippen molar-refractivity contribution in [3.05, 3.63) is 59.7 Å².